The van der Waals surface area contributed by atoms with Crippen LogP contribution in [0.1, 0.15) is 28.9 Å². The molecule has 2 fully saturated rings. The van der Waals surface area contributed by atoms with Crippen molar-refractivity contribution in [2.24, 2.45) is 0 Å². The summed E-state index contributed by atoms with van der Waals surface area (Å²) in [5.41, 5.74) is 0. The second-order valence-corrected chi connectivity index (χ2v) is 9.08. The highest BCUT2D eigenvalue weighted by Crippen LogP contribution is 2.33. The van der Waals surface area contributed by atoms with Crippen molar-refractivity contribution in [2.75, 3.05) is 63.6 Å². The van der Waals surface area contributed by atoms with Gasteiger partial charge in [-0.25, -0.2) is 9.97 Å². The minimum absolute atomic E-state index is 0.00837. The van der Waals surface area contributed by atoms with E-state index in [1.54, 1.807) is 11.8 Å². The predicted octanol–water partition coefficient (Wildman–Crippen LogP) is 1.05. The van der Waals surface area contributed by atoms with Crippen molar-refractivity contribution in [2.45, 2.75) is 24.4 Å². The Bertz CT molecular complexity index is 816. The van der Waals surface area contributed by atoms with Gasteiger partial charge in [-0.1, -0.05) is 11.8 Å². The minimum atomic E-state index is -0.00837. The van der Waals surface area contributed by atoms with E-state index in [1.165, 1.54) is 35.5 Å². The molecule has 0 spiro atoms. The number of ether oxygens (including phenoxy) is 1. The van der Waals surface area contributed by atoms with Crippen molar-refractivity contribution in [1.29, 1.82) is 0 Å². The fraction of sp³-hybridized carbons (Fsp3) is 0.632. The molecule has 2 aromatic heterocycles. The number of piperidine rings is 1. The van der Waals surface area contributed by atoms with Crippen LogP contribution in [-0.2, 0) is 4.74 Å². The van der Waals surface area contributed by atoms with Gasteiger partial charge in [-0.2, -0.15) is 0 Å². The number of morpholine rings is 1. The number of nitrogens with one attached hydrogen (secondary N) is 2. The van der Waals surface area contributed by atoms with Crippen LogP contribution in [0.4, 0.5) is 5.82 Å². The van der Waals surface area contributed by atoms with Gasteiger partial charge in [-0.05, 0) is 31.6 Å². The summed E-state index contributed by atoms with van der Waals surface area (Å²) in [5.74, 6) is 0.980. The Morgan fingerprint density at radius 3 is 2.82 bits per heavy atom. The van der Waals surface area contributed by atoms with Crippen LogP contribution >= 0.6 is 23.1 Å². The Morgan fingerprint density at radius 1 is 1.29 bits per heavy atom. The monoisotopic (exact) mass is 422 g/mol. The van der Waals surface area contributed by atoms with Gasteiger partial charge in [-0.3, -0.25) is 4.79 Å². The number of thiophene rings is 1. The lowest BCUT2D eigenvalue weighted by atomic mass is 10.1. The number of carbonyl (C=O) groups is 1. The number of aromatic nitrogens is 2. The molecule has 4 heterocycles. The van der Waals surface area contributed by atoms with Gasteiger partial charge in [0, 0.05) is 13.1 Å². The number of hydrogen-bond donors (Lipinski definition) is 2. The first kappa shape index (κ1) is 19.9. The molecule has 2 aliphatic rings. The van der Waals surface area contributed by atoms with Gasteiger partial charge < -0.3 is 19.9 Å². The lowest BCUT2D eigenvalue weighted by Crippen LogP contribution is -3.14. The lowest BCUT2D eigenvalue weighted by molar-refractivity contribution is -0.906. The van der Waals surface area contributed by atoms with Crippen molar-refractivity contribution in [1.82, 2.24) is 15.3 Å². The zero-order valence-corrected chi connectivity index (χ0v) is 18.0. The maximum atomic E-state index is 12.7. The van der Waals surface area contributed by atoms with Crippen LogP contribution in [0.5, 0.6) is 0 Å². The summed E-state index contributed by atoms with van der Waals surface area (Å²) in [6, 6.07) is 1.98. The quantitative estimate of drug-likeness (QED) is 0.536. The van der Waals surface area contributed by atoms with Gasteiger partial charge in [-0.15, -0.1) is 11.3 Å². The van der Waals surface area contributed by atoms with E-state index < -0.39 is 0 Å². The molecule has 0 atom stereocenters. The minimum Gasteiger partial charge on any atom is -0.370 e. The average Bonchev–Trinajstić information content (AvgIpc) is 3.18. The number of carbonyl (C=O) groups excluding carboxylic acids is 1. The third-order valence-electron chi connectivity index (χ3n) is 5.38. The molecular formula is C19H28N5O2S2+. The van der Waals surface area contributed by atoms with Crippen molar-refractivity contribution >= 4 is 45.0 Å². The summed E-state index contributed by atoms with van der Waals surface area (Å²) in [5, 5.41) is 4.86. The highest BCUT2D eigenvalue weighted by Gasteiger charge is 2.21. The van der Waals surface area contributed by atoms with Crippen LogP contribution in [-0.4, -0.2) is 74.6 Å². The molecule has 2 aliphatic heterocycles. The fourth-order valence-corrected chi connectivity index (χ4v) is 5.15. The molecule has 0 bridgehead atoms. The second kappa shape index (κ2) is 9.39. The molecule has 0 unspecified atom stereocenters. The standard InChI is InChI=1S/C19H27N5O2S2/c1-27-19-21-16(24-6-3-2-4-7-24)14-13-15(28-18(14)22-19)17(25)20-5-8-23-9-11-26-12-10-23/h13H,2-12H2,1H3,(H,20,25)/p+1. The van der Waals surface area contributed by atoms with E-state index in [0.717, 1.165) is 72.0 Å². The summed E-state index contributed by atoms with van der Waals surface area (Å²) in [6.45, 7) is 7.35. The molecule has 28 heavy (non-hydrogen) atoms. The molecule has 9 heteroatoms. The predicted molar refractivity (Wildman–Crippen MR) is 114 cm³/mol. The van der Waals surface area contributed by atoms with Gasteiger partial charge in [0.05, 0.1) is 36.6 Å². The summed E-state index contributed by atoms with van der Waals surface area (Å²) in [6.07, 6.45) is 5.67. The van der Waals surface area contributed by atoms with Gasteiger partial charge in [0.1, 0.15) is 23.7 Å². The molecule has 7 nitrogen and oxygen atoms in total. The first-order valence-corrected chi connectivity index (χ1v) is 12.1. The number of amides is 1. The topological polar surface area (TPSA) is 71.8 Å². The number of fused-ring (bicyclic) bond motifs is 1. The summed E-state index contributed by atoms with van der Waals surface area (Å²) in [4.78, 5) is 27.6. The van der Waals surface area contributed by atoms with E-state index >= 15 is 0 Å². The molecule has 4 rings (SSSR count). The molecule has 0 aliphatic carbocycles. The Balaban J connectivity index is 1.48. The third-order valence-corrected chi connectivity index (χ3v) is 6.95. The van der Waals surface area contributed by atoms with Gasteiger partial charge in [0.25, 0.3) is 5.91 Å². The molecule has 2 N–H and O–H groups in total. The maximum Gasteiger partial charge on any atom is 0.261 e. The highest BCUT2D eigenvalue weighted by molar-refractivity contribution is 7.98. The third kappa shape index (κ3) is 4.59. The first-order chi connectivity index (χ1) is 13.7. The van der Waals surface area contributed by atoms with Gasteiger partial charge in [0.15, 0.2) is 5.16 Å². The zero-order chi connectivity index (χ0) is 19.3. The highest BCUT2D eigenvalue weighted by atomic mass is 32.2. The maximum absolute atomic E-state index is 12.7. The van der Waals surface area contributed by atoms with Gasteiger partial charge in [0.2, 0.25) is 0 Å². The van der Waals surface area contributed by atoms with Crippen LogP contribution in [0.3, 0.4) is 0 Å². The number of nitrogens with zero attached hydrogens (tertiary/aromatic N) is 3. The Morgan fingerprint density at radius 2 is 2.07 bits per heavy atom. The number of thioether (sulfide) groups is 1. The molecule has 0 aromatic carbocycles. The number of hydrogen-bond acceptors (Lipinski definition) is 7. The summed E-state index contributed by atoms with van der Waals surface area (Å²) in [7, 11) is 0. The van der Waals surface area contributed by atoms with E-state index in [1.807, 2.05) is 12.3 Å². The normalized spacial score (nSPS) is 18.5. The molecule has 152 valence electrons. The van der Waals surface area contributed by atoms with Gasteiger partial charge >= 0.3 is 0 Å². The summed E-state index contributed by atoms with van der Waals surface area (Å²) < 4.78 is 5.39. The largest absolute Gasteiger partial charge is 0.370 e. The Labute approximate surface area is 173 Å². The molecule has 2 aromatic rings. The van der Waals surface area contributed by atoms with Crippen LogP contribution in [0, 0.1) is 0 Å². The Hall–Kier alpha value is -1.42. The SMILES string of the molecule is CSc1nc(N2CCCCC2)c2cc(C(=O)NCC[NH+]3CCOCC3)sc2n1. The van der Waals surface area contributed by atoms with E-state index in [9.17, 15) is 4.79 Å². The summed E-state index contributed by atoms with van der Waals surface area (Å²) >= 11 is 3.02. The van der Waals surface area contributed by atoms with E-state index in [2.05, 4.69) is 15.2 Å². The van der Waals surface area contributed by atoms with Crippen LogP contribution in [0.2, 0.25) is 0 Å². The van der Waals surface area contributed by atoms with Crippen LogP contribution in [0.15, 0.2) is 11.2 Å². The fourth-order valence-electron chi connectivity index (χ4n) is 3.79. The Kier molecular flexibility index (Phi) is 6.66. The van der Waals surface area contributed by atoms with Crippen molar-refractivity contribution in [3.05, 3.63) is 10.9 Å². The molecule has 0 radical (unpaired) electrons. The molecule has 0 saturated carbocycles. The number of anilines is 1. The van der Waals surface area contributed by atoms with Crippen molar-refractivity contribution < 1.29 is 14.4 Å². The average molecular weight is 423 g/mol. The zero-order valence-electron chi connectivity index (χ0n) is 16.3. The second-order valence-electron chi connectivity index (χ2n) is 7.28. The van der Waals surface area contributed by atoms with Crippen LogP contribution < -0.4 is 15.1 Å². The lowest BCUT2D eigenvalue weighted by Gasteiger charge is -2.28. The smallest absolute Gasteiger partial charge is 0.261 e. The molecule has 1 amide bonds. The molecule has 2 saturated heterocycles. The van der Waals surface area contributed by atoms with E-state index in [0.29, 0.717) is 6.54 Å². The van der Waals surface area contributed by atoms with E-state index in [4.69, 9.17) is 9.72 Å². The number of rotatable bonds is 6. The van der Waals surface area contributed by atoms with E-state index in [-0.39, 0.29) is 5.91 Å². The van der Waals surface area contributed by atoms with Crippen molar-refractivity contribution in [3.8, 4) is 0 Å². The first-order valence-electron chi connectivity index (χ1n) is 10.0. The van der Waals surface area contributed by atoms with Crippen molar-refractivity contribution in [3.63, 3.8) is 0 Å². The molecular weight excluding hydrogens is 394 g/mol. The number of quaternary nitrogens is 1. The van der Waals surface area contributed by atoms with Crippen LogP contribution in [0.25, 0.3) is 10.2 Å².